The molecule has 3 aromatic heterocycles. The Morgan fingerprint density at radius 1 is 1.09 bits per heavy atom. The number of hydrogen-bond acceptors (Lipinski definition) is 8. The first-order valence-corrected chi connectivity index (χ1v) is 12.7. The third-order valence-electron chi connectivity index (χ3n) is 5.91. The van der Waals surface area contributed by atoms with Crippen molar-refractivity contribution in [1.82, 2.24) is 24.9 Å². The summed E-state index contributed by atoms with van der Waals surface area (Å²) < 4.78 is 30.3. The van der Waals surface area contributed by atoms with Crippen LogP contribution in [0.3, 0.4) is 0 Å². The average Bonchev–Trinajstić information content (AvgIpc) is 3.32. The van der Waals surface area contributed by atoms with Crippen LogP contribution in [0, 0.1) is 5.92 Å². The number of ether oxygens (including phenoxy) is 1. The van der Waals surface area contributed by atoms with E-state index in [2.05, 4.69) is 30.2 Å². The van der Waals surface area contributed by atoms with E-state index in [1.165, 1.54) is 25.3 Å². The van der Waals surface area contributed by atoms with Crippen LogP contribution in [0.5, 0.6) is 5.88 Å². The van der Waals surface area contributed by atoms with Gasteiger partial charge in [0, 0.05) is 17.4 Å². The number of imidazole rings is 1. The van der Waals surface area contributed by atoms with Gasteiger partial charge in [0.2, 0.25) is 21.9 Å². The molecule has 10 nitrogen and oxygen atoms in total. The Labute approximate surface area is 197 Å². The lowest BCUT2D eigenvalue weighted by molar-refractivity contribution is 0.205. The number of hydrogen-bond donors (Lipinski definition) is 3. The van der Waals surface area contributed by atoms with E-state index in [0.29, 0.717) is 52.5 Å². The SMILES string of the molecule is NS(=O)(=O)c1ccc(Nc2nc(OCC3CCCCC3)c3nc[nH]c3n2)cc1-c1ccccn1. The normalized spacial score (nSPS) is 14.9. The molecule has 1 fully saturated rings. The summed E-state index contributed by atoms with van der Waals surface area (Å²) in [5.41, 5.74) is 2.55. The Morgan fingerprint density at radius 2 is 1.94 bits per heavy atom. The zero-order valence-electron chi connectivity index (χ0n) is 18.4. The maximum absolute atomic E-state index is 12.1. The van der Waals surface area contributed by atoms with E-state index in [0.717, 1.165) is 12.8 Å². The van der Waals surface area contributed by atoms with Crippen LogP contribution in [0.25, 0.3) is 22.4 Å². The first-order chi connectivity index (χ1) is 16.5. The predicted molar refractivity (Wildman–Crippen MR) is 128 cm³/mol. The van der Waals surface area contributed by atoms with Gasteiger partial charge in [0.15, 0.2) is 11.2 Å². The van der Waals surface area contributed by atoms with Crippen LogP contribution >= 0.6 is 0 Å². The summed E-state index contributed by atoms with van der Waals surface area (Å²) in [6.45, 7) is 0.589. The Kier molecular flexibility index (Phi) is 6.12. The molecule has 1 aliphatic carbocycles. The van der Waals surface area contributed by atoms with E-state index in [1.54, 1.807) is 42.9 Å². The number of nitrogens with one attached hydrogen (secondary N) is 2. The minimum Gasteiger partial charge on any atom is -0.476 e. The number of nitrogens with two attached hydrogens (primary N) is 1. The highest BCUT2D eigenvalue weighted by atomic mass is 32.2. The fourth-order valence-electron chi connectivity index (χ4n) is 4.22. The molecule has 0 aliphatic heterocycles. The fraction of sp³-hybridized carbons (Fsp3) is 0.304. The molecule has 0 unspecified atom stereocenters. The van der Waals surface area contributed by atoms with E-state index in [4.69, 9.17) is 9.88 Å². The molecule has 0 saturated heterocycles. The first-order valence-electron chi connectivity index (χ1n) is 11.2. The number of sulfonamides is 1. The monoisotopic (exact) mass is 479 g/mol. The molecule has 0 radical (unpaired) electrons. The molecule has 0 spiro atoms. The number of fused-ring (bicyclic) bond motifs is 1. The molecule has 0 bridgehead atoms. The van der Waals surface area contributed by atoms with Gasteiger partial charge in [0.1, 0.15) is 0 Å². The van der Waals surface area contributed by atoms with Gasteiger partial charge in [-0.25, -0.2) is 18.5 Å². The molecule has 0 amide bonds. The van der Waals surface area contributed by atoms with Crippen LogP contribution in [0.15, 0.2) is 53.8 Å². The summed E-state index contributed by atoms with van der Waals surface area (Å²) in [7, 11) is -3.95. The summed E-state index contributed by atoms with van der Waals surface area (Å²) in [5.74, 6) is 1.22. The molecule has 4 aromatic rings. The Morgan fingerprint density at radius 3 is 2.71 bits per heavy atom. The fourth-order valence-corrected chi connectivity index (χ4v) is 4.95. The third-order valence-corrected chi connectivity index (χ3v) is 6.88. The Hall–Kier alpha value is -3.57. The topological polar surface area (TPSA) is 149 Å². The number of rotatable bonds is 7. The maximum Gasteiger partial charge on any atom is 0.247 e. The Bertz CT molecular complexity index is 1400. The number of H-pyrrole nitrogens is 1. The standard InChI is InChI=1S/C23H25N7O3S/c24-34(31,32)19-10-9-16(12-17(19)18-8-4-5-11-25-18)28-23-29-21-20(26-14-27-21)22(30-23)33-13-15-6-2-1-3-7-15/h4-5,8-12,14-15H,1-3,6-7,13H2,(H2,24,31,32)(H2,26,27,28,29,30). The van der Waals surface area contributed by atoms with Crippen molar-refractivity contribution in [3.8, 4) is 17.1 Å². The number of primary sulfonamides is 1. The van der Waals surface area contributed by atoms with Gasteiger partial charge in [0.25, 0.3) is 0 Å². The highest BCUT2D eigenvalue weighted by molar-refractivity contribution is 7.89. The molecule has 1 saturated carbocycles. The minimum atomic E-state index is -3.95. The van der Waals surface area contributed by atoms with Gasteiger partial charge in [-0.05, 0) is 49.1 Å². The quantitative estimate of drug-likeness (QED) is 0.363. The van der Waals surface area contributed by atoms with Crippen LogP contribution < -0.4 is 15.2 Å². The molecule has 1 aromatic carbocycles. The van der Waals surface area contributed by atoms with Crippen molar-refractivity contribution < 1.29 is 13.2 Å². The number of nitrogens with zero attached hydrogens (tertiary/aromatic N) is 4. The second-order valence-electron chi connectivity index (χ2n) is 8.36. The van der Waals surface area contributed by atoms with Gasteiger partial charge < -0.3 is 15.0 Å². The second kappa shape index (κ2) is 9.35. The molecule has 4 N–H and O–H groups in total. The molecule has 34 heavy (non-hydrogen) atoms. The Balaban J connectivity index is 1.46. The second-order valence-corrected chi connectivity index (χ2v) is 9.89. The van der Waals surface area contributed by atoms with Crippen LogP contribution in [-0.4, -0.2) is 39.9 Å². The van der Waals surface area contributed by atoms with Crippen molar-refractivity contribution in [3.63, 3.8) is 0 Å². The van der Waals surface area contributed by atoms with Crippen molar-refractivity contribution in [1.29, 1.82) is 0 Å². The number of aromatic amines is 1. The highest BCUT2D eigenvalue weighted by Gasteiger charge is 2.19. The number of benzene rings is 1. The van der Waals surface area contributed by atoms with Gasteiger partial charge in [-0.15, -0.1) is 0 Å². The number of anilines is 2. The van der Waals surface area contributed by atoms with Crippen LogP contribution in [-0.2, 0) is 10.0 Å². The summed E-state index contributed by atoms with van der Waals surface area (Å²) in [6, 6.07) is 9.96. The molecule has 5 rings (SSSR count). The van der Waals surface area contributed by atoms with E-state index in [1.807, 2.05) is 0 Å². The van der Waals surface area contributed by atoms with Crippen molar-refractivity contribution in [2.24, 2.45) is 11.1 Å². The highest BCUT2D eigenvalue weighted by Crippen LogP contribution is 2.31. The van der Waals surface area contributed by atoms with E-state index < -0.39 is 10.0 Å². The van der Waals surface area contributed by atoms with E-state index >= 15 is 0 Å². The van der Waals surface area contributed by atoms with Crippen LogP contribution in [0.1, 0.15) is 32.1 Å². The molecule has 1 aliphatic rings. The van der Waals surface area contributed by atoms with E-state index in [-0.39, 0.29) is 4.90 Å². The molecular weight excluding hydrogens is 454 g/mol. The zero-order valence-corrected chi connectivity index (χ0v) is 19.3. The van der Waals surface area contributed by atoms with Gasteiger partial charge in [-0.1, -0.05) is 25.3 Å². The lowest BCUT2D eigenvalue weighted by Crippen LogP contribution is -2.16. The van der Waals surface area contributed by atoms with Crippen molar-refractivity contribution in [2.45, 2.75) is 37.0 Å². The minimum absolute atomic E-state index is 0.0156. The number of pyridine rings is 1. The summed E-state index contributed by atoms with van der Waals surface area (Å²) in [5, 5.41) is 8.57. The summed E-state index contributed by atoms with van der Waals surface area (Å²) in [4.78, 5) is 20.6. The lowest BCUT2D eigenvalue weighted by atomic mass is 9.90. The van der Waals surface area contributed by atoms with Gasteiger partial charge in [0.05, 0.1) is 23.5 Å². The average molecular weight is 480 g/mol. The predicted octanol–water partition coefficient (Wildman–Crippen LogP) is 3.77. The first kappa shape index (κ1) is 22.2. The largest absolute Gasteiger partial charge is 0.476 e. The van der Waals surface area contributed by atoms with Gasteiger partial charge in [-0.3, -0.25) is 4.98 Å². The van der Waals surface area contributed by atoms with Crippen molar-refractivity contribution >= 4 is 32.8 Å². The van der Waals surface area contributed by atoms with Gasteiger partial charge in [-0.2, -0.15) is 9.97 Å². The van der Waals surface area contributed by atoms with E-state index in [9.17, 15) is 8.42 Å². The maximum atomic E-state index is 12.1. The molecule has 11 heteroatoms. The summed E-state index contributed by atoms with van der Waals surface area (Å²) in [6.07, 6.45) is 9.21. The van der Waals surface area contributed by atoms with Crippen LogP contribution in [0.4, 0.5) is 11.6 Å². The van der Waals surface area contributed by atoms with Gasteiger partial charge >= 0.3 is 0 Å². The molecular formula is C23H25N7O3S. The molecule has 3 heterocycles. The zero-order chi connectivity index (χ0) is 23.5. The smallest absolute Gasteiger partial charge is 0.247 e. The van der Waals surface area contributed by atoms with Crippen molar-refractivity contribution in [3.05, 3.63) is 48.9 Å². The third kappa shape index (κ3) is 4.85. The molecule has 176 valence electrons. The molecule has 0 atom stereocenters. The van der Waals surface area contributed by atoms with Crippen molar-refractivity contribution in [2.75, 3.05) is 11.9 Å². The number of aromatic nitrogens is 5. The lowest BCUT2D eigenvalue weighted by Gasteiger charge is -2.21. The summed E-state index contributed by atoms with van der Waals surface area (Å²) >= 11 is 0. The van der Waals surface area contributed by atoms with Crippen LogP contribution in [0.2, 0.25) is 0 Å².